The lowest BCUT2D eigenvalue weighted by Gasteiger charge is -2.09. The summed E-state index contributed by atoms with van der Waals surface area (Å²) < 4.78 is 14.3. The largest absolute Gasteiger partial charge is 0.381 e. The highest BCUT2D eigenvalue weighted by Crippen LogP contribution is 2.23. The average Bonchev–Trinajstić information content (AvgIpc) is 2.44. The van der Waals surface area contributed by atoms with Crippen LogP contribution in [-0.2, 0) is 6.54 Å². The summed E-state index contributed by atoms with van der Waals surface area (Å²) in [4.78, 5) is 0. The summed E-state index contributed by atoms with van der Waals surface area (Å²) in [6.45, 7) is 0.527. The van der Waals surface area contributed by atoms with Gasteiger partial charge in [-0.2, -0.15) is 0 Å². The quantitative estimate of drug-likeness (QED) is 0.600. The molecule has 21 heavy (non-hydrogen) atoms. The van der Waals surface area contributed by atoms with E-state index in [1.807, 2.05) is 12.1 Å². The molecule has 0 radical (unpaired) electrons. The maximum atomic E-state index is 13.3. The summed E-state index contributed by atoms with van der Waals surface area (Å²) in [5.74, 6) is -0.317. The van der Waals surface area contributed by atoms with Crippen molar-refractivity contribution >= 4 is 44.0 Å². The lowest BCUT2D eigenvalue weighted by Crippen LogP contribution is -1.99. The molecule has 3 aromatic carbocycles. The van der Waals surface area contributed by atoms with Crippen molar-refractivity contribution in [2.75, 3.05) is 5.32 Å². The second-order valence-corrected chi connectivity index (χ2v) is 6.19. The molecule has 0 aromatic heterocycles. The zero-order chi connectivity index (χ0) is 14.8. The van der Waals surface area contributed by atoms with Gasteiger partial charge in [0.1, 0.15) is 5.82 Å². The highest BCUT2D eigenvalue weighted by atomic mass is 79.9. The van der Waals surface area contributed by atoms with Gasteiger partial charge in [0.15, 0.2) is 0 Å². The summed E-state index contributed by atoms with van der Waals surface area (Å²) in [7, 11) is 0. The smallest absolute Gasteiger partial charge is 0.125 e. The summed E-state index contributed by atoms with van der Waals surface area (Å²) in [6, 6.07) is 16.8. The van der Waals surface area contributed by atoms with E-state index in [4.69, 9.17) is 11.6 Å². The summed E-state index contributed by atoms with van der Waals surface area (Å²) in [6.07, 6.45) is 0. The van der Waals surface area contributed by atoms with Gasteiger partial charge in [0.2, 0.25) is 0 Å². The SMILES string of the molecule is Fc1cc(Cl)cc(CNc2ccc3cc(Br)ccc3c2)c1. The van der Waals surface area contributed by atoms with Crippen molar-refractivity contribution < 1.29 is 4.39 Å². The molecule has 0 amide bonds. The molecule has 1 nitrogen and oxygen atoms in total. The van der Waals surface area contributed by atoms with Crippen LogP contribution in [-0.4, -0.2) is 0 Å². The summed E-state index contributed by atoms with van der Waals surface area (Å²) >= 11 is 9.31. The molecule has 0 aliphatic heterocycles. The van der Waals surface area contributed by atoms with Gasteiger partial charge >= 0.3 is 0 Å². The minimum Gasteiger partial charge on any atom is -0.381 e. The molecule has 3 aromatic rings. The maximum Gasteiger partial charge on any atom is 0.125 e. The number of halogens is 3. The van der Waals surface area contributed by atoms with Crippen molar-refractivity contribution in [3.8, 4) is 0 Å². The van der Waals surface area contributed by atoms with Crippen LogP contribution in [0, 0.1) is 5.82 Å². The molecule has 106 valence electrons. The van der Waals surface area contributed by atoms with Crippen molar-refractivity contribution in [3.63, 3.8) is 0 Å². The molecule has 0 unspecified atom stereocenters. The van der Waals surface area contributed by atoms with Gasteiger partial charge < -0.3 is 5.32 Å². The van der Waals surface area contributed by atoms with Gasteiger partial charge in [-0.05, 0) is 58.8 Å². The molecule has 0 heterocycles. The predicted octanol–water partition coefficient (Wildman–Crippen LogP) is 6.01. The molecule has 0 saturated heterocycles. The second-order valence-electron chi connectivity index (χ2n) is 4.84. The van der Waals surface area contributed by atoms with Crippen LogP contribution in [0.2, 0.25) is 5.02 Å². The number of nitrogens with one attached hydrogen (secondary N) is 1. The van der Waals surface area contributed by atoms with E-state index in [2.05, 4.69) is 45.5 Å². The second kappa shape index (κ2) is 6.04. The van der Waals surface area contributed by atoms with Gasteiger partial charge in [-0.1, -0.05) is 39.7 Å². The van der Waals surface area contributed by atoms with E-state index in [1.165, 1.54) is 17.5 Å². The molecule has 0 spiro atoms. The van der Waals surface area contributed by atoms with Crippen LogP contribution < -0.4 is 5.32 Å². The first-order valence-electron chi connectivity index (χ1n) is 6.48. The molecular weight excluding hydrogens is 353 g/mol. The fourth-order valence-corrected chi connectivity index (χ4v) is 2.87. The van der Waals surface area contributed by atoms with Crippen LogP contribution in [0.1, 0.15) is 5.56 Å². The van der Waals surface area contributed by atoms with Crippen LogP contribution in [0.3, 0.4) is 0 Å². The molecule has 0 fully saturated rings. The molecule has 0 aliphatic carbocycles. The summed E-state index contributed by atoms with van der Waals surface area (Å²) in [5.41, 5.74) is 1.81. The third kappa shape index (κ3) is 3.55. The summed E-state index contributed by atoms with van der Waals surface area (Å²) in [5, 5.41) is 6.02. The molecule has 0 saturated carbocycles. The van der Waals surface area contributed by atoms with E-state index < -0.39 is 0 Å². The zero-order valence-electron chi connectivity index (χ0n) is 11.0. The van der Waals surface area contributed by atoms with Crippen LogP contribution in [0.15, 0.2) is 59.1 Å². The fraction of sp³-hybridized carbons (Fsp3) is 0.0588. The van der Waals surface area contributed by atoms with Crippen molar-refractivity contribution in [1.29, 1.82) is 0 Å². The number of anilines is 1. The van der Waals surface area contributed by atoms with Gasteiger partial charge in [-0.25, -0.2) is 4.39 Å². The minimum absolute atomic E-state index is 0.317. The van der Waals surface area contributed by atoms with Gasteiger partial charge in [0.05, 0.1) is 0 Å². The van der Waals surface area contributed by atoms with Gasteiger partial charge in [0, 0.05) is 21.7 Å². The molecular formula is C17H12BrClFN. The Kier molecular flexibility index (Phi) is 4.13. The van der Waals surface area contributed by atoms with Gasteiger partial charge in [0.25, 0.3) is 0 Å². The Morgan fingerprint density at radius 2 is 1.71 bits per heavy atom. The van der Waals surface area contributed by atoms with Crippen molar-refractivity contribution in [2.24, 2.45) is 0 Å². The van der Waals surface area contributed by atoms with Crippen molar-refractivity contribution in [3.05, 3.63) is 75.5 Å². The third-order valence-corrected chi connectivity index (χ3v) is 3.93. The van der Waals surface area contributed by atoms with Gasteiger partial charge in [-0.15, -0.1) is 0 Å². The topological polar surface area (TPSA) is 12.0 Å². The fourth-order valence-electron chi connectivity index (χ4n) is 2.24. The number of fused-ring (bicyclic) bond motifs is 1. The number of rotatable bonds is 3. The number of benzene rings is 3. The Labute approximate surface area is 135 Å². The van der Waals surface area contributed by atoms with Crippen LogP contribution >= 0.6 is 27.5 Å². The first-order valence-corrected chi connectivity index (χ1v) is 7.65. The maximum absolute atomic E-state index is 13.3. The standard InChI is InChI=1S/C17H12BrClFN/c18-14-3-1-13-8-17(4-2-12(13)7-14)21-10-11-5-15(19)9-16(20)6-11/h1-9,21H,10H2. The number of hydrogen-bond acceptors (Lipinski definition) is 1. The normalized spacial score (nSPS) is 10.8. The van der Waals surface area contributed by atoms with Crippen molar-refractivity contribution in [1.82, 2.24) is 0 Å². The van der Waals surface area contributed by atoms with Crippen LogP contribution in [0.25, 0.3) is 10.8 Å². The zero-order valence-corrected chi connectivity index (χ0v) is 13.4. The Bertz CT molecular complexity index is 784. The van der Waals surface area contributed by atoms with E-state index in [-0.39, 0.29) is 5.82 Å². The monoisotopic (exact) mass is 363 g/mol. The Balaban J connectivity index is 1.80. The average molecular weight is 365 g/mol. The molecule has 4 heteroatoms. The lowest BCUT2D eigenvalue weighted by molar-refractivity contribution is 0.626. The predicted molar refractivity (Wildman–Crippen MR) is 90.4 cm³/mol. The van der Waals surface area contributed by atoms with E-state index in [1.54, 1.807) is 6.07 Å². The molecule has 0 bridgehead atoms. The van der Waals surface area contributed by atoms with E-state index >= 15 is 0 Å². The highest BCUT2D eigenvalue weighted by molar-refractivity contribution is 9.10. The first kappa shape index (κ1) is 14.4. The van der Waals surface area contributed by atoms with Crippen LogP contribution in [0.4, 0.5) is 10.1 Å². The van der Waals surface area contributed by atoms with E-state index in [9.17, 15) is 4.39 Å². The minimum atomic E-state index is -0.317. The lowest BCUT2D eigenvalue weighted by atomic mass is 10.1. The Hall–Kier alpha value is -1.58. The Morgan fingerprint density at radius 1 is 0.952 bits per heavy atom. The third-order valence-electron chi connectivity index (χ3n) is 3.22. The van der Waals surface area contributed by atoms with E-state index in [0.29, 0.717) is 11.6 Å². The molecule has 3 rings (SSSR count). The van der Waals surface area contributed by atoms with Crippen molar-refractivity contribution in [2.45, 2.75) is 6.54 Å². The molecule has 0 aliphatic rings. The Morgan fingerprint density at radius 3 is 2.52 bits per heavy atom. The van der Waals surface area contributed by atoms with Gasteiger partial charge in [-0.3, -0.25) is 0 Å². The number of hydrogen-bond donors (Lipinski definition) is 1. The van der Waals surface area contributed by atoms with E-state index in [0.717, 1.165) is 21.1 Å². The first-order chi connectivity index (χ1) is 10.1. The van der Waals surface area contributed by atoms with Crippen LogP contribution in [0.5, 0.6) is 0 Å². The molecule has 1 N–H and O–H groups in total. The highest BCUT2D eigenvalue weighted by Gasteiger charge is 2.01. The molecule has 0 atom stereocenters.